The van der Waals surface area contributed by atoms with Crippen LogP contribution in [-0.4, -0.2) is 12.5 Å². The Balaban J connectivity index is 2.27. The van der Waals surface area contributed by atoms with Gasteiger partial charge in [0.15, 0.2) is 0 Å². The van der Waals surface area contributed by atoms with Crippen molar-refractivity contribution in [1.82, 2.24) is 0 Å². The van der Waals surface area contributed by atoms with Gasteiger partial charge in [-0.15, -0.1) is 0 Å². The van der Waals surface area contributed by atoms with Crippen LogP contribution in [0, 0.1) is 6.92 Å². The molecule has 0 unspecified atom stereocenters. The van der Waals surface area contributed by atoms with E-state index in [2.05, 4.69) is 28.9 Å². The maximum absolute atomic E-state index is 11.9. The van der Waals surface area contributed by atoms with Crippen molar-refractivity contribution in [2.24, 2.45) is 0 Å². The molecule has 1 aliphatic rings. The molecule has 1 amide bonds. The van der Waals surface area contributed by atoms with E-state index in [1.165, 1.54) is 5.56 Å². The number of benzene rings is 1. The lowest BCUT2D eigenvalue weighted by atomic mass is 10.2. The summed E-state index contributed by atoms with van der Waals surface area (Å²) >= 11 is 3.48. The van der Waals surface area contributed by atoms with Gasteiger partial charge < -0.3 is 4.90 Å². The Kier molecular flexibility index (Phi) is 3.64. The van der Waals surface area contributed by atoms with Gasteiger partial charge in [0, 0.05) is 23.1 Å². The Morgan fingerprint density at radius 1 is 1.25 bits per heavy atom. The summed E-state index contributed by atoms with van der Waals surface area (Å²) in [5, 5.41) is 0. The van der Waals surface area contributed by atoms with Crippen molar-refractivity contribution in [1.29, 1.82) is 0 Å². The van der Waals surface area contributed by atoms with Crippen LogP contribution in [-0.2, 0) is 4.79 Å². The predicted molar refractivity (Wildman–Crippen MR) is 69.7 cm³/mol. The fraction of sp³-hybridized carbons (Fsp3) is 0.462. The second kappa shape index (κ2) is 5.00. The molecule has 1 aliphatic heterocycles. The van der Waals surface area contributed by atoms with Crippen molar-refractivity contribution < 1.29 is 4.79 Å². The lowest BCUT2D eigenvalue weighted by molar-refractivity contribution is -0.118. The van der Waals surface area contributed by atoms with E-state index in [9.17, 15) is 4.79 Å². The van der Waals surface area contributed by atoms with Crippen LogP contribution in [0.1, 0.15) is 31.2 Å². The lowest BCUT2D eigenvalue weighted by Gasteiger charge is -2.21. The van der Waals surface area contributed by atoms with Crippen LogP contribution in [0.5, 0.6) is 0 Å². The van der Waals surface area contributed by atoms with E-state index < -0.39 is 0 Å². The number of nitrogens with zero attached hydrogens (tertiary/aromatic N) is 1. The Bertz CT molecular complexity index is 403. The van der Waals surface area contributed by atoms with Crippen LogP contribution in [0.4, 0.5) is 5.69 Å². The monoisotopic (exact) mass is 281 g/mol. The molecular formula is C13H16BrNO. The first-order chi connectivity index (χ1) is 7.68. The number of halogens is 1. The standard InChI is InChI=1S/C13H16BrNO/c1-10-9-11(6-7-12(10)14)15-8-4-2-3-5-13(15)16/h6-7,9H,2-5,8H2,1H3. The molecule has 0 radical (unpaired) electrons. The third-order valence-corrected chi connectivity index (χ3v) is 3.92. The summed E-state index contributed by atoms with van der Waals surface area (Å²) in [7, 11) is 0. The van der Waals surface area contributed by atoms with Gasteiger partial charge in [-0.1, -0.05) is 22.4 Å². The molecule has 1 aromatic carbocycles. The van der Waals surface area contributed by atoms with E-state index in [-0.39, 0.29) is 5.91 Å². The van der Waals surface area contributed by atoms with Gasteiger partial charge in [-0.05, 0) is 43.5 Å². The Hall–Kier alpha value is -0.830. The summed E-state index contributed by atoms with van der Waals surface area (Å²) in [6, 6.07) is 6.11. The van der Waals surface area contributed by atoms with Crippen molar-refractivity contribution in [3.05, 3.63) is 28.2 Å². The summed E-state index contributed by atoms with van der Waals surface area (Å²) in [5.41, 5.74) is 2.21. The number of anilines is 1. The molecule has 86 valence electrons. The number of carbonyl (C=O) groups is 1. The molecule has 3 heteroatoms. The van der Waals surface area contributed by atoms with Crippen LogP contribution < -0.4 is 4.90 Å². The summed E-state index contributed by atoms with van der Waals surface area (Å²) in [4.78, 5) is 13.8. The fourth-order valence-electron chi connectivity index (χ4n) is 2.05. The molecule has 1 saturated heterocycles. The average Bonchev–Trinajstić information content (AvgIpc) is 2.47. The third kappa shape index (κ3) is 2.46. The largest absolute Gasteiger partial charge is 0.312 e. The van der Waals surface area contributed by atoms with E-state index in [4.69, 9.17) is 0 Å². The molecule has 0 aromatic heterocycles. The molecule has 1 heterocycles. The summed E-state index contributed by atoms with van der Waals surface area (Å²) in [5.74, 6) is 0.263. The lowest BCUT2D eigenvalue weighted by Crippen LogP contribution is -2.29. The molecule has 0 saturated carbocycles. The number of rotatable bonds is 1. The Morgan fingerprint density at radius 2 is 2.06 bits per heavy atom. The summed E-state index contributed by atoms with van der Waals surface area (Å²) in [6.45, 7) is 2.91. The van der Waals surface area contributed by atoms with Crippen molar-refractivity contribution in [2.75, 3.05) is 11.4 Å². The topological polar surface area (TPSA) is 20.3 Å². The minimum Gasteiger partial charge on any atom is -0.312 e. The van der Waals surface area contributed by atoms with Crippen LogP contribution in [0.3, 0.4) is 0 Å². The first-order valence-electron chi connectivity index (χ1n) is 5.75. The van der Waals surface area contributed by atoms with Gasteiger partial charge in [-0.3, -0.25) is 4.79 Å². The van der Waals surface area contributed by atoms with Crippen LogP contribution in [0.15, 0.2) is 22.7 Å². The minimum atomic E-state index is 0.263. The van der Waals surface area contributed by atoms with Gasteiger partial charge in [0.2, 0.25) is 5.91 Å². The summed E-state index contributed by atoms with van der Waals surface area (Å²) < 4.78 is 1.10. The van der Waals surface area contributed by atoms with Gasteiger partial charge in [0.05, 0.1) is 0 Å². The van der Waals surface area contributed by atoms with Crippen molar-refractivity contribution >= 4 is 27.5 Å². The van der Waals surface area contributed by atoms with Crippen LogP contribution in [0.2, 0.25) is 0 Å². The number of aryl methyl sites for hydroxylation is 1. The van der Waals surface area contributed by atoms with Gasteiger partial charge in [0.25, 0.3) is 0 Å². The number of carbonyl (C=O) groups excluding carboxylic acids is 1. The molecule has 2 rings (SSSR count). The normalized spacial score (nSPS) is 17.4. The first kappa shape index (κ1) is 11.6. The van der Waals surface area contributed by atoms with Crippen LogP contribution >= 0.6 is 15.9 Å². The second-order valence-electron chi connectivity index (χ2n) is 4.29. The van der Waals surface area contributed by atoms with Crippen molar-refractivity contribution in [3.63, 3.8) is 0 Å². The molecule has 1 aromatic rings. The Labute approximate surface area is 105 Å². The highest BCUT2D eigenvalue weighted by atomic mass is 79.9. The second-order valence-corrected chi connectivity index (χ2v) is 5.14. The quantitative estimate of drug-likeness (QED) is 0.769. The SMILES string of the molecule is Cc1cc(N2CCCCCC2=O)ccc1Br. The number of hydrogen-bond acceptors (Lipinski definition) is 1. The zero-order chi connectivity index (χ0) is 11.5. The molecule has 0 bridgehead atoms. The zero-order valence-electron chi connectivity index (χ0n) is 9.50. The first-order valence-corrected chi connectivity index (χ1v) is 6.54. The predicted octanol–water partition coefficient (Wildman–Crippen LogP) is 3.66. The maximum atomic E-state index is 11.9. The highest BCUT2D eigenvalue weighted by Crippen LogP contribution is 2.25. The van der Waals surface area contributed by atoms with E-state index >= 15 is 0 Å². The highest BCUT2D eigenvalue weighted by molar-refractivity contribution is 9.10. The minimum absolute atomic E-state index is 0.263. The van der Waals surface area contributed by atoms with E-state index in [0.717, 1.165) is 36.0 Å². The molecule has 0 aliphatic carbocycles. The maximum Gasteiger partial charge on any atom is 0.226 e. The third-order valence-electron chi connectivity index (χ3n) is 3.03. The van der Waals surface area contributed by atoms with E-state index in [1.807, 2.05) is 17.0 Å². The van der Waals surface area contributed by atoms with Gasteiger partial charge in [0.1, 0.15) is 0 Å². The molecular weight excluding hydrogens is 266 g/mol. The molecule has 1 fully saturated rings. The summed E-state index contributed by atoms with van der Waals surface area (Å²) in [6.07, 6.45) is 4.00. The number of hydrogen-bond donors (Lipinski definition) is 0. The smallest absolute Gasteiger partial charge is 0.226 e. The molecule has 0 N–H and O–H groups in total. The number of amides is 1. The van der Waals surface area contributed by atoms with Crippen molar-refractivity contribution in [3.8, 4) is 0 Å². The van der Waals surface area contributed by atoms with Crippen molar-refractivity contribution in [2.45, 2.75) is 32.6 Å². The van der Waals surface area contributed by atoms with Gasteiger partial charge in [-0.25, -0.2) is 0 Å². The Morgan fingerprint density at radius 3 is 2.81 bits per heavy atom. The van der Waals surface area contributed by atoms with E-state index in [1.54, 1.807) is 0 Å². The molecule has 2 nitrogen and oxygen atoms in total. The fourth-order valence-corrected chi connectivity index (χ4v) is 2.30. The average molecular weight is 282 g/mol. The highest BCUT2D eigenvalue weighted by Gasteiger charge is 2.18. The van der Waals surface area contributed by atoms with Gasteiger partial charge >= 0.3 is 0 Å². The molecule has 0 spiro atoms. The van der Waals surface area contributed by atoms with Crippen LogP contribution in [0.25, 0.3) is 0 Å². The molecule has 16 heavy (non-hydrogen) atoms. The molecule has 0 atom stereocenters. The van der Waals surface area contributed by atoms with Gasteiger partial charge in [-0.2, -0.15) is 0 Å². The van der Waals surface area contributed by atoms with E-state index in [0.29, 0.717) is 6.42 Å². The zero-order valence-corrected chi connectivity index (χ0v) is 11.1.